The highest BCUT2D eigenvalue weighted by atomic mass is 15.0. The van der Waals surface area contributed by atoms with E-state index in [1.165, 1.54) is 88.7 Å². The van der Waals surface area contributed by atoms with E-state index in [0.29, 0.717) is 5.92 Å². The second kappa shape index (κ2) is 13.4. The number of hydrogen-bond donors (Lipinski definition) is 0. The molecule has 1 aromatic heterocycles. The van der Waals surface area contributed by atoms with Gasteiger partial charge in [0.15, 0.2) is 0 Å². The Kier molecular flexibility index (Phi) is 8.11. The average Bonchev–Trinajstić information content (AvgIpc) is 3.69. The molecule has 1 atom stereocenters. The molecule has 9 aromatic rings. The van der Waals surface area contributed by atoms with Crippen LogP contribution in [0, 0.1) is 0 Å². The Balaban J connectivity index is 0.916. The van der Waals surface area contributed by atoms with Gasteiger partial charge in [0.2, 0.25) is 0 Å². The van der Waals surface area contributed by atoms with Gasteiger partial charge in [0.1, 0.15) is 0 Å². The van der Waals surface area contributed by atoms with E-state index < -0.39 is 0 Å². The Labute approximate surface area is 324 Å². The van der Waals surface area contributed by atoms with E-state index in [4.69, 9.17) is 0 Å². The van der Waals surface area contributed by atoms with Crippen molar-refractivity contribution in [2.75, 3.05) is 0 Å². The Morgan fingerprint density at radius 2 is 1.00 bits per heavy atom. The minimum absolute atomic E-state index is 0.0476. The van der Waals surface area contributed by atoms with Crippen LogP contribution in [0.15, 0.2) is 194 Å². The minimum Gasteiger partial charge on any atom is -0.309 e. The number of para-hydroxylation sites is 1. The first-order chi connectivity index (χ1) is 27.0. The Bertz CT molecular complexity index is 2790. The lowest BCUT2D eigenvalue weighted by Crippen LogP contribution is -2.14. The average molecular weight is 706 g/mol. The second-order valence-corrected chi connectivity index (χ2v) is 15.7. The van der Waals surface area contributed by atoms with Crippen LogP contribution in [0.4, 0.5) is 0 Å². The number of benzene rings is 8. The third kappa shape index (κ3) is 5.79. The molecule has 1 heterocycles. The lowest BCUT2D eigenvalue weighted by Gasteiger charge is -2.21. The summed E-state index contributed by atoms with van der Waals surface area (Å²) in [6.45, 7) is 4.73. The fraction of sp³-hybridized carbons (Fsp3) is 0.111. The number of aryl methyl sites for hydroxylation is 1. The van der Waals surface area contributed by atoms with Gasteiger partial charge in [-0.25, -0.2) is 0 Å². The van der Waals surface area contributed by atoms with Crippen molar-refractivity contribution in [2.24, 2.45) is 0 Å². The summed E-state index contributed by atoms with van der Waals surface area (Å²) in [5, 5.41) is 2.60. The summed E-state index contributed by atoms with van der Waals surface area (Å²) >= 11 is 0. The largest absolute Gasteiger partial charge is 0.309 e. The van der Waals surface area contributed by atoms with Crippen LogP contribution < -0.4 is 0 Å². The summed E-state index contributed by atoms with van der Waals surface area (Å²) in [4.78, 5) is 0. The monoisotopic (exact) mass is 705 g/mol. The van der Waals surface area contributed by atoms with Gasteiger partial charge in [-0.3, -0.25) is 0 Å². The van der Waals surface area contributed by atoms with E-state index in [9.17, 15) is 0 Å². The summed E-state index contributed by atoms with van der Waals surface area (Å²) in [6, 6.07) is 71.8. The first-order valence-electron chi connectivity index (χ1n) is 19.6. The third-order valence-electron chi connectivity index (χ3n) is 12.1. The van der Waals surface area contributed by atoms with Gasteiger partial charge in [-0.15, -0.1) is 0 Å². The molecule has 0 radical (unpaired) electrons. The molecular weight excluding hydrogens is 663 g/mol. The molecule has 0 aliphatic heterocycles. The van der Waals surface area contributed by atoms with Gasteiger partial charge in [0.25, 0.3) is 0 Å². The molecule has 0 spiro atoms. The first-order valence-corrected chi connectivity index (χ1v) is 19.6. The third-order valence-corrected chi connectivity index (χ3v) is 12.1. The van der Waals surface area contributed by atoms with Crippen molar-refractivity contribution in [3.63, 3.8) is 0 Å². The van der Waals surface area contributed by atoms with Crippen molar-refractivity contribution in [2.45, 2.75) is 38.0 Å². The van der Waals surface area contributed by atoms with Crippen molar-refractivity contribution >= 4 is 21.8 Å². The van der Waals surface area contributed by atoms with Crippen LogP contribution in [0.5, 0.6) is 0 Å². The maximum atomic E-state index is 2.46. The maximum absolute atomic E-state index is 2.46. The van der Waals surface area contributed by atoms with Gasteiger partial charge in [0.05, 0.1) is 11.0 Å². The molecule has 0 saturated carbocycles. The zero-order chi connectivity index (χ0) is 36.9. The van der Waals surface area contributed by atoms with E-state index in [2.05, 4.69) is 213 Å². The van der Waals surface area contributed by atoms with E-state index >= 15 is 0 Å². The molecule has 1 aliphatic carbocycles. The van der Waals surface area contributed by atoms with E-state index in [-0.39, 0.29) is 5.41 Å². The highest BCUT2D eigenvalue weighted by Gasteiger charge is 2.36. The van der Waals surface area contributed by atoms with Crippen LogP contribution in [0.3, 0.4) is 0 Å². The number of hydrogen-bond acceptors (Lipinski definition) is 0. The van der Waals surface area contributed by atoms with Crippen LogP contribution in [0.25, 0.3) is 60.9 Å². The Hall–Kier alpha value is -6.44. The molecule has 0 fully saturated rings. The van der Waals surface area contributed by atoms with Crippen LogP contribution in [-0.2, 0) is 11.8 Å². The molecule has 0 saturated heterocycles. The summed E-state index contributed by atoms with van der Waals surface area (Å²) in [5.41, 5.74) is 18.3. The van der Waals surface area contributed by atoms with Gasteiger partial charge in [-0.2, -0.15) is 0 Å². The van der Waals surface area contributed by atoms with Gasteiger partial charge in [-0.1, -0.05) is 178 Å². The SMILES string of the molecule is CC1(C)c2ccccc2-c2cc3c4ccccc4n(-c4ccc(-c5ccc(CCC(c6ccccc6)c6ccc(-c7ccccc7)cc6)cc5)cc4)c3cc21. The summed E-state index contributed by atoms with van der Waals surface area (Å²) in [6.07, 6.45) is 2.06. The number of rotatable bonds is 8. The van der Waals surface area contributed by atoms with Crippen LogP contribution >= 0.6 is 0 Å². The molecule has 8 aromatic carbocycles. The molecule has 1 nitrogen and oxygen atoms in total. The van der Waals surface area contributed by atoms with Crippen molar-refractivity contribution in [1.29, 1.82) is 0 Å². The van der Waals surface area contributed by atoms with Gasteiger partial charge >= 0.3 is 0 Å². The highest BCUT2D eigenvalue weighted by Crippen LogP contribution is 2.51. The molecule has 1 heteroatoms. The normalized spacial score (nSPS) is 13.5. The van der Waals surface area contributed by atoms with E-state index in [1.807, 2.05) is 0 Å². The Morgan fingerprint density at radius 1 is 0.436 bits per heavy atom. The van der Waals surface area contributed by atoms with E-state index in [1.54, 1.807) is 0 Å². The topological polar surface area (TPSA) is 4.93 Å². The molecule has 264 valence electrons. The Morgan fingerprint density at radius 3 is 1.73 bits per heavy atom. The molecule has 10 rings (SSSR count). The number of aromatic nitrogens is 1. The smallest absolute Gasteiger partial charge is 0.0544 e. The molecule has 1 unspecified atom stereocenters. The second-order valence-electron chi connectivity index (χ2n) is 15.7. The summed E-state index contributed by atoms with van der Waals surface area (Å²) in [5.74, 6) is 0.335. The van der Waals surface area contributed by atoms with Gasteiger partial charge < -0.3 is 4.57 Å². The quantitative estimate of drug-likeness (QED) is 0.148. The minimum atomic E-state index is -0.0476. The molecule has 0 bridgehead atoms. The van der Waals surface area contributed by atoms with Gasteiger partial charge in [-0.05, 0) is 104 Å². The van der Waals surface area contributed by atoms with Crippen molar-refractivity contribution in [3.05, 3.63) is 222 Å². The predicted octanol–water partition coefficient (Wildman–Crippen LogP) is 14.2. The lowest BCUT2D eigenvalue weighted by molar-refractivity contribution is 0.661. The zero-order valence-corrected chi connectivity index (χ0v) is 31.4. The first kappa shape index (κ1) is 33.2. The summed E-state index contributed by atoms with van der Waals surface area (Å²) in [7, 11) is 0. The van der Waals surface area contributed by atoms with E-state index in [0.717, 1.165) is 12.8 Å². The molecule has 0 amide bonds. The van der Waals surface area contributed by atoms with Crippen LogP contribution in [-0.4, -0.2) is 4.57 Å². The lowest BCUT2D eigenvalue weighted by atomic mass is 9.82. The highest BCUT2D eigenvalue weighted by molar-refractivity contribution is 6.11. The standard InChI is InChI=1S/C54H43N/c1-54(2)50-19-11-9-17-46(50)48-35-49-47-18-10-12-20-52(47)55(53(49)36-51(48)54)44-32-30-41(31-33-44)39-24-21-37(22-25-39)23-34-45(42-15-7-4-8-16-42)43-28-26-40(27-29-43)38-13-5-3-6-14-38/h3-22,24-33,35-36,45H,23,34H2,1-2H3. The van der Waals surface area contributed by atoms with Gasteiger partial charge in [0, 0.05) is 27.8 Å². The zero-order valence-electron chi connectivity index (χ0n) is 31.4. The fourth-order valence-electron chi connectivity index (χ4n) is 9.17. The fourth-order valence-corrected chi connectivity index (χ4v) is 9.17. The van der Waals surface area contributed by atoms with Crippen molar-refractivity contribution in [3.8, 4) is 39.1 Å². The predicted molar refractivity (Wildman–Crippen MR) is 232 cm³/mol. The molecule has 55 heavy (non-hydrogen) atoms. The summed E-state index contributed by atoms with van der Waals surface area (Å²) < 4.78 is 2.45. The van der Waals surface area contributed by atoms with Crippen LogP contribution in [0.2, 0.25) is 0 Å². The van der Waals surface area contributed by atoms with Crippen molar-refractivity contribution in [1.82, 2.24) is 4.57 Å². The molecule has 0 N–H and O–H groups in total. The van der Waals surface area contributed by atoms with Crippen LogP contribution in [0.1, 0.15) is 54.0 Å². The maximum Gasteiger partial charge on any atom is 0.0544 e. The van der Waals surface area contributed by atoms with Crippen molar-refractivity contribution < 1.29 is 0 Å². The molecule has 1 aliphatic rings. The molecular formula is C54H43N. The number of fused-ring (bicyclic) bond motifs is 6. The number of nitrogens with zero attached hydrogens (tertiary/aromatic N) is 1.